The summed E-state index contributed by atoms with van der Waals surface area (Å²) in [4.78, 5) is 29.6. The maximum Gasteiger partial charge on any atom is 0.245 e. The number of fused-ring (bicyclic) bond motifs is 1. The Morgan fingerprint density at radius 1 is 1.23 bits per heavy atom. The Hall–Kier alpha value is -2.48. The van der Waals surface area contributed by atoms with E-state index < -0.39 is 17.5 Å². The molecule has 3 aromatic rings. The van der Waals surface area contributed by atoms with E-state index in [1.165, 1.54) is 11.3 Å². The van der Waals surface area contributed by atoms with Crippen LogP contribution in [0.3, 0.4) is 0 Å². The van der Waals surface area contributed by atoms with Crippen molar-refractivity contribution >= 4 is 45.0 Å². The zero-order valence-corrected chi connectivity index (χ0v) is 18.3. The van der Waals surface area contributed by atoms with Crippen LogP contribution in [0.25, 0.3) is 10.2 Å². The van der Waals surface area contributed by atoms with Gasteiger partial charge in [0.1, 0.15) is 5.54 Å². The van der Waals surface area contributed by atoms with Gasteiger partial charge < -0.3 is 16.8 Å². The summed E-state index contributed by atoms with van der Waals surface area (Å²) in [6.07, 6.45) is 1.49. The third-order valence-electron chi connectivity index (χ3n) is 5.17. The number of aromatic nitrogens is 1. The lowest BCUT2D eigenvalue weighted by atomic mass is 9.82. The maximum atomic E-state index is 12.7. The van der Waals surface area contributed by atoms with Crippen LogP contribution in [0.2, 0.25) is 5.02 Å². The van der Waals surface area contributed by atoms with Crippen LogP contribution < -0.4 is 16.8 Å². The van der Waals surface area contributed by atoms with Gasteiger partial charge in [-0.05, 0) is 36.6 Å². The lowest BCUT2D eigenvalue weighted by Crippen LogP contribution is -2.68. The van der Waals surface area contributed by atoms with Crippen molar-refractivity contribution in [3.63, 3.8) is 0 Å². The molecule has 0 aliphatic heterocycles. The number of primary amides is 1. The highest BCUT2D eigenvalue weighted by atomic mass is 35.5. The second kappa shape index (κ2) is 9.55. The van der Waals surface area contributed by atoms with Crippen LogP contribution in [0.4, 0.5) is 0 Å². The van der Waals surface area contributed by atoms with E-state index in [2.05, 4.69) is 10.3 Å². The molecule has 158 valence electrons. The van der Waals surface area contributed by atoms with Gasteiger partial charge in [-0.25, -0.2) is 4.98 Å². The van der Waals surface area contributed by atoms with Gasteiger partial charge in [-0.15, -0.1) is 11.3 Å². The molecule has 30 heavy (non-hydrogen) atoms. The first kappa shape index (κ1) is 22.2. The van der Waals surface area contributed by atoms with E-state index in [9.17, 15) is 9.59 Å². The summed E-state index contributed by atoms with van der Waals surface area (Å²) in [7, 11) is 0. The Labute approximate surface area is 184 Å². The average molecular weight is 445 g/mol. The minimum absolute atomic E-state index is 0.126. The molecule has 0 radical (unpaired) electrons. The topological polar surface area (TPSA) is 111 Å². The van der Waals surface area contributed by atoms with Gasteiger partial charge in [0.05, 0.1) is 15.2 Å². The number of amides is 2. The van der Waals surface area contributed by atoms with Crippen LogP contribution in [-0.2, 0) is 22.4 Å². The first-order valence-electron chi connectivity index (χ1n) is 9.79. The van der Waals surface area contributed by atoms with Gasteiger partial charge in [-0.3, -0.25) is 9.59 Å². The molecule has 1 heterocycles. The van der Waals surface area contributed by atoms with Crippen molar-refractivity contribution in [3.05, 3.63) is 64.1 Å². The minimum atomic E-state index is -1.43. The molecule has 1 aromatic heterocycles. The van der Waals surface area contributed by atoms with Crippen molar-refractivity contribution in [2.45, 2.75) is 44.2 Å². The molecule has 6 nitrogen and oxygen atoms in total. The molecule has 1 unspecified atom stereocenters. The minimum Gasteiger partial charge on any atom is -0.368 e. The van der Waals surface area contributed by atoms with Crippen molar-refractivity contribution in [2.24, 2.45) is 11.5 Å². The normalized spacial score (nSPS) is 14.2. The van der Waals surface area contributed by atoms with E-state index in [-0.39, 0.29) is 18.7 Å². The first-order valence-corrected chi connectivity index (χ1v) is 11.0. The number of nitrogens with zero attached hydrogens (tertiary/aromatic N) is 1. The molecule has 0 fully saturated rings. The summed E-state index contributed by atoms with van der Waals surface area (Å²) < 4.78 is 0.899. The number of halogens is 1. The fraction of sp³-hybridized carbons (Fsp3) is 0.318. The molecule has 2 atom stereocenters. The fourth-order valence-corrected chi connectivity index (χ4v) is 4.75. The highest BCUT2D eigenvalue weighted by Gasteiger charge is 2.44. The smallest absolute Gasteiger partial charge is 0.245 e. The highest BCUT2D eigenvalue weighted by molar-refractivity contribution is 7.18. The predicted molar refractivity (Wildman–Crippen MR) is 121 cm³/mol. The summed E-state index contributed by atoms with van der Waals surface area (Å²) in [6, 6.07) is 14.6. The number of carbonyl (C=O) groups excluding carboxylic acids is 2. The molecule has 3 rings (SSSR count). The van der Waals surface area contributed by atoms with Gasteiger partial charge in [0.25, 0.3) is 0 Å². The number of nitrogens with one attached hydrogen (secondary N) is 1. The molecular weight excluding hydrogens is 420 g/mol. The van der Waals surface area contributed by atoms with Crippen LogP contribution in [0, 0.1) is 0 Å². The van der Waals surface area contributed by atoms with Crippen molar-refractivity contribution in [1.82, 2.24) is 10.3 Å². The SMILES string of the molecule is CCC(=O)NC(Cc1nc2ccc(Cl)cc2s1)(C(N)=O)[C@@H](N)CCc1ccccc1. The first-order chi connectivity index (χ1) is 14.3. The average Bonchev–Trinajstić information content (AvgIpc) is 3.13. The molecule has 2 aromatic carbocycles. The van der Waals surface area contributed by atoms with Gasteiger partial charge >= 0.3 is 0 Å². The predicted octanol–water partition coefficient (Wildman–Crippen LogP) is 3.20. The summed E-state index contributed by atoms with van der Waals surface area (Å²) >= 11 is 7.49. The van der Waals surface area contributed by atoms with Crippen LogP contribution in [0.1, 0.15) is 30.3 Å². The van der Waals surface area contributed by atoms with Crippen molar-refractivity contribution < 1.29 is 9.59 Å². The van der Waals surface area contributed by atoms with Gasteiger partial charge in [-0.2, -0.15) is 0 Å². The van der Waals surface area contributed by atoms with Crippen LogP contribution in [0.5, 0.6) is 0 Å². The molecule has 0 saturated heterocycles. The number of rotatable bonds is 9. The van der Waals surface area contributed by atoms with Crippen molar-refractivity contribution in [1.29, 1.82) is 0 Å². The Morgan fingerprint density at radius 3 is 2.63 bits per heavy atom. The zero-order valence-electron chi connectivity index (χ0n) is 16.7. The molecular formula is C22H25ClN4O2S. The quantitative estimate of drug-likeness (QED) is 0.470. The third kappa shape index (κ3) is 4.98. The van der Waals surface area contributed by atoms with Crippen molar-refractivity contribution in [3.8, 4) is 0 Å². The molecule has 0 aliphatic carbocycles. The Balaban J connectivity index is 1.92. The molecule has 2 amide bonds. The largest absolute Gasteiger partial charge is 0.368 e. The molecule has 0 spiro atoms. The molecule has 5 N–H and O–H groups in total. The van der Waals surface area contributed by atoms with Gasteiger partial charge in [-0.1, -0.05) is 48.9 Å². The Morgan fingerprint density at radius 2 is 1.97 bits per heavy atom. The second-order valence-corrected chi connectivity index (χ2v) is 8.82. The van der Waals surface area contributed by atoms with E-state index >= 15 is 0 Å². The Kier molecular flexibility index (Phi) is 7.07. The van der Waals surface area contributed by atoms with Crippen LogP contribution >= 0.6 is 22.9 Å². The Bertz CT molecular complexity index is 1040. The number of hydrogen-bond donors (Lipinski definition) is 3. The van der Waals surface area contributed by atoms with E-state index in [1.807, 2.05) is 42.5 Å². The summed E-state index contributed by atoms with van der Waals surface area (Å²) in [5, 5.41) is 4.10. The highest BCUT2D eigenvalue weighted by Crippen LogP contribution is 2.29. The number of aryl methyl sites for hydroxylation is 1. The third-order valence-corrected chi connectivity index (χ3v) is 6.42. The van der Waals surface area contributed by atoms with E-state index in [4.69, 9.17) is 23.1 Å². The van der Waals surface area contributed by atoms with Gasteiger partial charge in [0.2, 0.25) is 11.8 Å². The molecule has 0 saturated carbocycles. The van der Waals surface area contributed by atoms with E-state index in [1.54, 1.807) is 13.0 Å². The van der Waals surface area contributed by atoms with Crippen molar-refractivity contribution in [2.75, 3.05) is 0 Å². The number of thiazole rings is 1. The van der Waals surface area contributed by atoms with Gasteiger partial charge in [0.15, 0.2) is 0 Å². The zero-order chi connectivity index (χ0) is 21.7. The maximum absolute atomic E-state index is 12.7. The summed E-state index contributed by atoms with van der Waals surface area (Å²) in [6.45, 7) is 1.72. The van der Waals surface area contributed by atoms with E-state index in [0.29, 0.717) is 22.9 Å². The van der Waals surface area contributed by atoms with Crippen LogP contribution in [-0.4, -0.2) is 28.4 Å². The monoisotopic (exact) mass is 444 g/mol. The number of benzene rings is 2. The molecule has 0 bridgehead atoms. The summed E-state index contributed by atoms with van der Waals surface area (Å²) in [5.41, 5.74) is 12.8. The second-order valence-electron chi connectivity index (χ2n) is 7.26. The molecule has 8 heteroatoms. The standard InChI is InChI=1S/C22H25ClN4O2S/c1-2-19(28)27-22(21(25)29,18(24)11-8-14-6-4-3-5-7-14)13-20-26-16-10-9-15(23)12-17(16)30-20/h3-7,9-10,12,18H,2,8,11,13,24H2,1H3,(H2,25,29)(H,27,28)/t18-,22?/m0/s1. The lowest BCUT2D eigenvalue weighted by Gasteiger charge is -2.36. The van der Waals surface area contributed by atoms with E-state index in [0.717, 1.165) is 15.8 Å². The van der Waals surface area contributed by atoms with Crippen LogP contribution in [0.15, 0.2) is 48.5 Å². The van der Waals surface area contributed by atoms with Gasteiger partial charge in [0, 0.05) is 23.9 Å². The lowest BCUT2D eigenvalue weighted by molar-refractivity contribution is -0.132. The molecule has 0 aliphatic rings. The summed E-state index contributed by atoms with van der Waals surface area (Å²) in [5.74, 6) is -0.949. The number of carbonyl (C=O) groups is 2. The number of nitrogens with two attached hydrogens (primary N) is 2. The number of hydrogen-bond acceptors (Lipinski definition) is 5. The fourth-order valence-electron chi connectivity index (χ4n) is 3.41.